The summed E-state index contributed by atoms with van der Waals surface area (Å²) in [5, 5.41) is 11.4. The number of carbonyl (C=O) groups is 1. The van der Waals surface area contributed by atoms with Gasteiger partial charge in [0.2, 0.25) is 11.9 Å². The van der Waals surface area contributed by atoms with Crippen LogP contribution in [0.25, 0.3) is 6.08 Å². The molecule has 1 saturated heterocycles. The minimum Gasteiger partial charge on any atom is -0.374 e. The molecule has 0 unspecified atom stereocenters. The minimum absolute atomic E-state index is 0.00722. The van der Waals surface area contributed by atoms with Crippen molar-refractivity contribution in [3.8, 4) is 0 Å². The van der Waals surface area contributed by atoms with Gasteiger partial charge in [0.15, 0.2) is 5.67 Å². The first-order valence-corrected chi connectivity index (χ1v) is 13.7. The van der Waals surface area contributed by atoms with E-state index in [2.05, 4.69) is 27.2 Å². The van der Waals surface area contributed by atoms with Crippen LogP contribution >= 0.6 is 0 Å². The number of pyridine rings is 1. The van der Waals surface area contributed by atoms with Crippen molar-refractivity contribution in [2.24, 2.45) is 11.7 Å². The number of aromatic nitrogens is 3. The number of benzene rings is 1. The van der Waals surface area contributed by atoms with Gasteiger partial charge in [-0.3, -0.25) is 9.78 Å². The second-order valence-corrected chi connectivity index (χ2v) is 11.2. The number of H-pyrrole nitrogens is 1. The summed E-state index contributed by atoms with van der Waals surface area (Å²) in [5.74, 6) is -1.29. The predicted molar refractivity (Wildman–Crippen MR) is 153 cm³/mol. The van der Waals surface area contributed by atoms with Crippen LogP contribution in [0.1, 0.15) is 55.0 Å². The molecule has 1 saturated carbocycles. The number of likely N-dealkylation sites (N-methyl/N-ethyl adjacent to an activating group) is 1. The average molecular weight is 582 g/mol. The summed E-state index contributed by atoms with van der Waals surface area (Å²) in [7, 11) is 1.79. The molecule has 0 radical (unpaired) electrons. The predicted octanol–water partition coefficient (Wildman–Crippen LogP) is 4.79. The maximum atomic E-state index is 14.7. The van der Waals surface area contributed by atoms with E-state index in [4.69, 9.17) is 15.9 Å². The van der Waals surface area contributed by atoms with Crippen molar-refractivity contribution in [3.05, 3.63) is 76.9 Å². The first-order valence-electron chi connectivity index (χ1n) is 13.7. The van der Waals surface area contributed by atoms with Gasteiger partial charge in [-0.2, -0.15) is 0 Å². The van der Waals surface area contributed by atoms with Crippen molar-refractivity contribution in [2.75, 3.05) is 25.6 Å². The molecule has 9 nitrogen and oxygen atoms in total. The zero-order valence-electron chi connectivity index (χ0n) is 23.6. The summed E-state index contributed by atoms with van der Waals surface area (Å²) in [5.41, 5.74) is 5.81. The molecule has 2 fully saturated rings. The van der Waals surface area contributed by atoms with Crippen LogP contribution < -0.4 is 11.1 Å². The Hall–Kier alpha value is -4.03. The highest BCUT2D eigenvalue weighted by Gasteiger charge is 2.42. The zero-order valence-corrected chi connectivity index (χ0v) is 23.6. The van der Waals surface area contributed by atoms with E-state index in [1.807, 2.05) is 6.07 Å². The van der Waals surface area contributed by atoms with Crippen LogP contribution in [0, 0.1) is 23.0 Å². The number of nitrogens with zero attached hydrogens (tertiary/aromatic N) is 3. The lowest BCUT2D eigenvalue weighted by Gasteiger charge is -2.43. The minimum atomic E-state index is -1.92. The Morgan fingerprint density at radius 2 is 1.98 bits per heavy atom. The van der Waals surface area contributed by atoms with Crippen LogP contribution in [0.15, 0.2) is 42.9 Å². The second kappa shape index (κ2) is 11.7. The van der Waals surface area contributed by atoms with Gasteiger partial charge >= 0.3 is 0 Å². The summed E-state index contributed by atoms with van der Waals surface area (Å²) < 4.78 is 48.7. The lowest BCUT2D eigenvalue weighted by molar-refractivity contribution is -0.135. The van der Waals surface area contributed by atoms with Crippen LogP contribution in [-0.4, -0.2) is 63.8 Å². The molecule has 1 amide bonds. The molecular weight excluding hydrogens is 547 g/mol. The lowest BCUT2D eigenvalue weighted by atomic mass is 9.73. The van der Waals surface area contributed by atoms with Gasteiger partial charge in [0, 0.05) is 32.3 Å². The van der Waals surface area contributed by atoms with Crippen LogP contribution in [0.3, 0.4) is 0 Å². The standard InChI is InChI=1S/C30H34F3N7O2/c1-16-8-18(9-25(35)28(16)40(3)17(2)41)21-6-7-36-13-26(21)39-29-37-12-20(38-29)4-5-24(34)27-22(31)10-19(11-23(27)32)30(33)14-42-15-30/h4-7,10-13,16,18,25,28,34H,8-9,14-15,35H2,1-3H3,(H2,37,38,39)/b5-4-,34-24?/t16-,18+,25+,28-/m0/s1. The summed E-state index contributed by atoms with van der Waals surface area (Å²) in [6.07, 6.45) is 9.21. The van der Waals surface area contributed by atoms with Crippen LogP contribution in [0.5, 0.6) is 0 Å². The Morgan fingerprint density at radius 3 is 2.60 bits per heavy atom. The molecule has 0 bridgehead atoms. The summed E-state index contributed by atoms with van der Waals surface area (Å²) in [6.45, 7) is 3.14. The molecule has 222 valence electrons. The Kier molecular flexibility index (Phi) is 8.20. The van der Waals surface area contributed by atoms with Crippen LogP contribution in [0.2, 0.25) is 0 Å². The quantitative estimate of drug-likeness (QED) is 0.283. The van der Waals surface area contributed by atoms with Gasteiger partial charge in [-0.1, -0.05) is 6.92 Å². The monoisotopic (exact) mass is 581 g/mol. The third kappa shape index (κ3) is 5.82. The molecule has 3 aromatic rings. The highest BCUT2D eigenvalue weighted by molar-refractivity contribution is 6.09. The average Bonchev–Trinajstić information content (AvgIpc) is 3.37. The largest absolute Gasteiger partial charge is 0.374 e. The summed E-state index contributed by atoms with van der Waals surface area (Å²) >= 11 is 0. The molecule has 5 rings (SSSR count). The van der Waals surface area contributed by atoms with Gasteiger partial charge in [-0.25, -0.2) is 18.2 Å². The van der Waals surface area contributed by atoms with Gasteiger partial charge in [0.1, 0.15) is 11.6 Å². The number of carbonyl (C=O) groups excluding carboxylic acids is 1. The van der Waals surface area contributed by atoms with Crippen molar-refractivity contribution in [1.29, 1.82) is 5.41 Å². The van der Waals surface area contributed by atoms with Crippen molar-refractivity contribution >= 4 is 29.3 Å². The molecule has 1 aliphatic carbocycles. The number of rotatable bonds is 8. The number of nitrogens with two attached hydrogens (primary N) is 1. The SMILES string of the molecule is CC(=O)N(C)[C@@H]1[C@H](N)C[C@H](c2ccncc2Nc2ncc(/C=C\C(=N)c3c(F)cc(C4(F)COC4)cc3F)[nH]2)C[C@@H]1C. The van der Waals surface area contributed by atoms with Gasteiger partial charge in [0.25, 0.3) is 0 Å². The fraction of sp³-hybridized carbons (Fsp3) is 0.400. The number of nitrogens with one attached hydrogen (secondary N) is 3. The van der Waals surface area contributed by atoms with E-state index in [1.165, 1.54) is 18.3 Å². The first-order chi connectivity index (χ1) is 20.0. The molecule has 3 heterocycles. The van der Waals surface area contributed by atoms with Gasteiger partial charge in [-0.15, -0.1) is 0 Å². The topological polar surface area (TPSA) is 133 Å². The maximum absolute atomic E-state index is 14.7. The number of ether oxygens (including phenoxy) is 1. The fourth-order valence-corrected chi connectivity index (χ4v) is 5.98. The van der Waals surface area contributed by atoms with E-state index in [1.54, 1.807) is 31.3 Å². The van der Waals surface area contributed by atoms with Gasteiger partial charge in [-0.05, 0) is 66.2 Å². The number of anilines is 2. The third-order valence-corrected chi connectivity index (χ3v) is 8.24. The number of alkyl halides is 1. The molecule has 1 aromatic carbocycles. The fourth-order valence-electron chi connectivity index (χ4n) is 5.98. The molecule has 4 atom stereocenters. The molecule has 42 heavy (non-hydrogen) atoms. The molecule has 5 N–H and O–H groups in total. The Morgan fingerprint density at radius 1 is 1.26 bits per heavy atom. The van der Waals surface area contributed by atoms with Crippen LogP contribution in [-0.2, 0) is 15.2 Å². The molecule has 2 aromatic heterocycles. The number of imidazole rings is 1. The van der Waals surface area contributed by atoms with Crippen molar-refractivity contribution < 1.29 is 22.7 Å². The number of amides is 1. The molecule has 12 heteroatoms. The number of aromatic amines is 1. The Balaban J connectivity index is 1.27. The number of hydrogen-bond acceptors (Lipinski definition) is 7. The van der Waals surface area contributed by atoms with Crippen molar-refractivity contribution in [1.82, 2.24) is 19.9 Å². The van der Waals surface area contributed by atoms with Gasteiger partial charge < -0.3 is 31.1 Å². The van der Waals surface area contributed by atoms with E-state index >= 15 is 0 Å². The van der Waals surface area contributed by atoms with E-state index in [-0.39, 0.29) is 48.6 Å². The number of allylic oxidation sites excluding steroid dienone is 1. The first kappa shape index (κ1) is 29.5. The van der Waals surface area contributed by atoms with E-state index in [0.717, 1.165) is 29.8 Å². The highest BCUT2D eigenvalue weighted by Crippen LogP contribution is 2.40. The number of hydrogen-bond donors (Lipinski definition) is 4. The third-order valence-electron chi connectivity index (χ3n) is 8.24. The molecular formula is C30H34F3N7O2. The maximum Gasteiger partial charge on any atom is 0.219 e. The smallest absolute Gasteiger partial charge is 0.219 e. The summed E-state index contributed by atoms with van der Waals surface area (Å²) in [6, 6.07) is 3.56. The van der Waals surface area contributed by atoms with Gasteiger partial charge in [0.05, 0.1) is 48.3 Å². The lowest BCUT2D eigenvalue weighted by Crippen LogP contribution is -2.54. The van der Waals surface area contributed by atoms with Crippen molar-refractivity contribution in [2.45, 2.75) is 50.4 Å². The van der Waals surface area contributed by atoms with E-state index < -0.39 is 28.6 Å². The highest BCUT2D eigenvalue weighted by atomic mass is 19.1. The normalized spacial score (nSPS) is 23.4. The second-order valence-electron chi connectivity index (χ2n) is 11.2. The Labute approximate surface area is 241 Å². The summed E-state index contributed by atoms with van der Waals surface area (Å²) in [4.78, 5) is 25.4. The van der Waals surface area contributed by atoms with E-state index in [9.17, 15) is 18.0 Å². The van der Waals surface area contributed by atoms with Crippen LogP contribution in [0.4, 0.5) is 24.8 Å². The molecule has 1 aliphatic heterocycles. The Bertz CT molecular complexity index is 1490. The van der Waals surface area contributed by atoms with E-state index in [0.29, 0.717) is 18.1 Å². The zero-order chi connectivity index (χ0) is 30.2. The molecule has 2 aliphatic rings. The molecule has 0 spiro atoms. The number of halogens is 3. The van der Waals surface area contributed by atoms with Crippen molar-refractivity contribution in [3.63, 3.8) is 0 Å².